The van der Waals surface area contributed by atoms with Gasteiger partial charge in [-0.15, -0.1) is 0 Å². The third-order valence-corrected chi connectivity index (χ3v) is 4.68. The molecule has 0 aromatic heterocycles. The minimum Gasteiger partial charge on any atom is -0.322 e. The highest BCUT2D eigenvalue weighted by molar-refractivity contribution is 6.31. The van der Waals surface area contributed by atoms with Gasteiger partial charge in [-0.1, -0.05) is 30.5 Å². The number of benzene rings is 1. The number of anilines is 1. The van der Waals surface area contributed by atoms with Crippen LogP contribution < -0.4 is 10.6 Å². The smallest absolute Gasteiger partial charge is 0.241 e. The predicted molar refractivity (Wildman–Crippen MR) is 77.3 cm³/mol. The van der Waals surface area contributed by atoms with E-state index >= 15 is 0 Å². The first-order valence-corrected chi connectivity index (χ1v) is 7.54. The summed E-state index contributed by atoms with van der Waals surface area (Å²) in [5.41, 5.74) is 0.152. The zero-order chi connectivity index (χ0) is 14.1. The summed E-state index contributed by atoms with van der Waals surface area (Å²) >= 11 is 5.71. The monoisotopic (exact) mass is 296 g/mol. The summed E-state index contributed by atoms with van der Waals surface area (Å²) in [6, 6.07) is 4.85. The van der Waals surface area contributed by atoms with E-state index in [4.69, 9.17) is 11.6 Å². The molecule has 2 N–H and O–H groups in total. The van der Waals surface area contributed by atoms with Gasteiger partial charge in [0.25, 0.3) is 0 Å². The maximum atomic E-state index is 13.8. The van der Waals surface area contributed by atoms with Gasteiger partial charge in [0.2, 0.25) is 5.91 Å². The third kappa shape index (κ3) is 2.67. The van der Waals surface area contributed by atoms with Crippen LogP contribution in [0.1, 0.15) is 32.1 Å². The van der Waals surface area contributed by atoms with Gasteiger partial charge in [0.15, 0.2) is 5.82 Å². The number of amides is 1. The summed E-state index contributed by atoms with van der Waals surface area (Å²) < 4.78 is 13.8. The molecular formula is C15H18ClFN2O. The number of nitrogens with one attached hydrogen (secondary N) is 2. The molecule has 2 fully saturated rings. The van der Waals surface area contributed by atoms with Gasteiger partial charge in [-0.05, 0) is 37.3 Å². The molecule has 108 valence electrons. The molecule has 0 radical (unpaired) electrons. The Morgan fingerprint density at radius 1 is 1.35 bits per heavy atom. The van der Waals surface area contributed by atoms with E-state index in [9.17, 15) is 9.18 Å². The minimum absolute atomic E-state index is 0.0239. The summed E-state index contributed by atoms with van der Waals surface area (Å²) in [5, 5.41) is 6.05. The fraction of sp³-hybridized carbons (Fsp3) is 0.533. The van der Waals surface area contributed by atoms with Gasteiger partial charge < -0.3 is 10.6 Å². The van der Waals surface area contributed by atoms with Crippen LogP contribution in [0.2, 0.25) is 5.02 Å². The molecule has 3 rings (SSSR count). The molecule has 1 saturated heterocycles. The Hall–Kier alpha value is -1.13. The van der Waals surface area contributed by atoms with Crippen molar-refractivity contribution >= 4 is 23.2 Å². The highest BCUT2D eigenvalue weighted by Gasteiger charge is 2.38. The highest BCUT2D eigenvalue weighted by Crippen LogP contribution is 2.33. The summed E-state index contributed by atoms with van der Waals surface area (Å²) in [7, 11) is 0. The zero-order valence-electron chi connectivity index (χ0n) is 11.2. The molecule has 1 aliphatic heterocycles. The largest absolute Gasteiger partial charge is 0.322 e. The Morgan fingerprint density at radius 3 is 2.95 bits per heavy atom. The first-order valence-electron chi connectivity index (χ1n) is 7.16. The maximum absolute atomic E-state index is 13.8. The first-order chi connectivity index (χ1) is 9.65. The minimum atomic E-state index is -0.571. The molecule has 1 aromatic carbocycles. The van der Waals surface area contributed by atoms with Crippen molar-refractivity contribution in [2.24, 2.45) is 5.92 Å². The Labute approximate surface area is 122 Å². The van der Waals surface area contributed by atoms with Crippen LogP contribution in [0, 0.1) is 11.7 Å². The average Bonchev–Trinajstić information content (AvgIpc) is 2.88. The number of halogens is 2. The third-order valence-electron chi connectivity index (χ3n) is 4.39. The summed E-state index contributed by atoms with van der Waals surface area (Å²) in [6.07, 6.45) is 5.65. The van der Waals surface area contributed by atoms with Crippen LogP contribution in [0.5, 0.6) is 0 Å². The van der Waals surface area contributed by atoms with Gasteiger partial charge >= 0.3 is 0 Å². The normalized spacial score (nSPS) is 29.0. The fourth-order valence-corrected chi connectivity index (χ4v) is 3.52. The van der Waals surface area contributed by atoms with E-state index in [1.807, 2.05) is 0 Å². The molecule has 1 amide bonds. The van der Waals surface area contributed by atoms with Gasteiger partial charge in [-0.2, -0.15) is 0 Å². The highest BCUT2D eigenvalue weighted by atomic mass is 35.5. The lowest BCUT2D eigenvalue weighted by Crippen LogP contribution is -2.40. The molecule has 1 heterocycles. The second-order valence-electron chi connectivity index (χ2n) is 5.70. The molecule has 0 bridgehead atoms. The first kappa shape index (κ1) is 13.8. The molecule has 1 aliphatic carbocycles. The average molecular weight is 297 g/mol. The lowest BCUT2D eigenvalue weighted by Gasteiger charge is -2.24. The van der Waals surface area contributed by atoms with E-state index in [1.54, 1.807) is 6.07 Å². The van der Waals surface area contributed by atoms with Crippen molar-refractivity contribution in [2.75, 3.05) is 5.32 Å². The van der Waals surface area contributed by atoms with Gasteiger partial charge in [-0.25, -0.2) is 4.39 Å². The number of fused-ring (bicyclic) bond motifs is 1. The number of rotatable bonds is 2. The maximum Gasteiger partial charge on any atom is 0.241 e. The van der Waals surface area contributed by atoms with Crippen molar-refractivity contribution in [3.8, 4) is 0 Å². The van der Waals surface area contributed by atoms with Crippen LogP contribution in [-0.2, 0) is 4.79 Å². The second-order valence-corrected chi connectivity index (χ2v) is 6.10. The van der Waals surface area contributed by atoms with Crippen LogP contribution in [0.4, 0.5) is 10.1 Å². The van der Waals surface area contributed by atoms with E-state index in [0.717, 1.165) is 12.8 Å². The fourth-order valence-electron chi connectivity index (χ4n) is 3.34. The van der Waals surface area contributed by atoms with Crippen LogP contribution in [0.3, 0.4) is 0 Å². The van der Waals surface area contributed by atoms with Crippen molar-refractivity contribution in [3.05, 3.63) is 29.0 Å². The van der Waals surface area contributed by atoms with Gasteiger partial charge in [-0.3, -0.25) is 4.79 Å². The molecule has 20 heavy (non-hydrogen) atoms. The van der Waals surface area contributed by atoms with E-state index in [2.05, 4.69) is 10.6 Å². The number of hydrogen-bond acceptors (Lipinski definition) is 2. The Bertz CT molecular complexity index is 509. The SMILES string of the molecule is O=C(Nc1cccc(Cl)c1F)C1CC2CCCCC2N1. The van der Waals surface area contributed by atoms with Gasteiger partial charge in [0.05, 0.1) is 16.8 Å². The van der Waals surface area contributed by atoms with E-state index < -0.39 is 5.82 Å². The standard InChI is InChI=1S/C15H18ClFN2O/c16-10-5-3-7-12(14(10)17)19-15(20)13-8-9-4-1-2-6-11(9)18-13/h3,5,7,9,11,13,18H,1-2,4,6,8H2,(H,19,20). The molecule has 5 heteroatoms. The molecule has 1 saturated carbocycles. The lowest BCUT2D eigenvalue weighted by atomic mass is 9.85. The summed E-state index contributed by atoms with van der Waals surface area (Å²) in [4.78, 5) is 12.2. The molecule has 1 aromatic rings. The van der Waals surface area contributed by atoms with Crippen LogP contribution in [0.25, 0.3) is 0 Å². The molecule has 2 aliphatic rings. The topological polar surface area (TPSA) is 41.1 Å². The molecule has 3 atom stereocenters. The quantitative estimate of drug-likeness (QED) is 0.879. The van der Waals surface area contributed by atoms with Gasteiger partial charge in [0, 0.05) is 6.04 Å². The van der Waals surface area contributed by atoms with Crippen molar-refractivity contribution in [1.29, 1.82) is 0 Å². The van der Waals surface area contributed by atoms with E-state index in [1.165, 1.54) is 31.4 Å². The second kappa shape index (κ2) is 5.70. The van der Waals surface area contributed by atoms with E-state index in [0.29, 0.717) is 12.0 Å². The summed E-state index contributed by atoms with van der Waals surface area (Å²) in [5.74, 6) is -0.151. The summed E-state index contributed by atoms with van der Waals surface area (Å²) in [6.45, 7) is 0. The van der Waals surface area contributed by atoms with Gasteiger partial charge in [0.1, 0.15) is 0 Å². The molecule has 3 nitrogen and oxygen atoms in total. The Balaban J connectivity index is 1.66. The van der Waals surface area contributed by atoms with Crippen LogP contribution >= 0.6 is 11.6 Å². The zero-order valence-corrected chi connectivity index (χ0v) is 11.9. The van der Waals surface area contributed by atoms with Crippen LogP contribution in [-0.4, -0.2) is 18.0 Å². The Morgan fingerprint density at radius 2 is 2.15 bits per heavy atom. The van der Waals surface area contributed by atoms with E-state index in [-0.39, 0.29) is 22.7 Å². The number of hydrogen-bond donors (Lipinski definition) is 2. The lowest BCUT2D eigenvalue weighted by molar-refractivity contribution is -0.117. The Kier molecular flexibility index (Phi) is 3.94. The molecule has 3 unspecified atom stereocenters. The number of carbonyl (C=O) groups excluding carboxylic acids is 1. The molecule has 0 spiro atoms. The van der Waals surface area contributed by atoms with Crippen molar-refractivity contribution < 1.29 is 9.18 Å². The van der Waals surface area contributed by atoms with Crippen molar-refractivity contribution in [1.82, 2.24) is 5.32 Å². The predicted octanol–water partition coefficient (Wildman–Crippen LogP) is 3.34. The number of carbonyl (C=O) groups is 1. The molecular weight excluding hydrogens is 279 g/mol. The van der Waals surface area contributed by atoms with Crippen molar-refractivity contribution in [2.45, 2.75) is 44.2 Å². The van der Waals surface area contributed by atoms with Crippen LogP contribution in [0.15, 0.2) is 18.2 Å². The van der Waals surface area contributed by atoms with Crippen molar-refractivity contribution in [3.63, 3.8) is 0 Å².